The van der Waals surface area contributed by atoms with Gasteiger partial charge in [0.05, 0.1) is 27.3 Å². The molecule has 2 aromatic heterocycles. The SMILES string of the molecule is CO[SiH2]c1cnc2n1-c1ccc(C(F)(F)F)c(Cl)c1C(c1ncccc1F)=NC2C. The van der Waals surface area contributed by atoms with E-state index in [2.05, 4.69) is 15.0 Å². The van der Waals surface area contributed by atoms with E-state index in [1.54, 1.807) is 24.8 Å². The highest BCUT2D eigenvalue weighted by Gasteiger charge is 2.38. The molecule has 11 heteroatoms. The van der Waals surface area contributed by atoms with E-state index >= 15 is 0 Å². The number of rotatable bonds is 3. The normalized spacial score (nSPS) is 16.4. The summed E-state index contributed by atoms with van der Waals surface area (Å²) < 4.78 is 62.4. The number of benzene rings is 1. The highest BCUT2D eigenvalue weighted by atomic mass is 35.5. The molecule has 0 aliphatic carbocycles. The van der Waals surface area contributed by atoms with Crippen molar-refractivity contribution in [1.29, 1.82) is 0 Å². The zero-order valence-electron chi connectivity index (χ0n) is 15.8. The molecule has 1 aliphatic heterocycles. The van der Waals surface area contributed by atoms with E-state index in [4.69, 9.17) is 16.0 Å². The van der Waals surface area contributed by atoms with E-state index in [1.165, 1.54) is 24.4 Å². The van der Waals surface area contributed by atoms with Crippen LogP contribution in [0, 0.1) is 5.82 Å². The molecule has 1 unspecified atom stereocenters. The van der Waals surface area contributed by atoms with E-state index in [0.717, 1.165) is 11.4 Å². The van der Waals surface area contributed by atoms with E-state index in [1.807, 2.05) is 0 Å². The van der Waals surface area contributed by atoms with Gasteiger partial charge in [0, 0.05) is 25.1 Å². The molecule has 1 aromatic carbocycles. The van der Waals surface area contributed by atoms with Crippen LogP contribution in [0.4, 0.5) is 17.6 Å². The molecule has 3 aromatic rings. The van der Waals surface area contributed by atoms with Crippen LogP contribution in [0.1, 0.15) is 35.6 Å². The third-order valence-corrected chi connectivity index (χ3v) is 6.21. The standard InChI is InChI=1S/C19H15ClF4N4OSi/c1-9-18-26-8-13(30-29-2)28(18)12-6-5-10(19(22,23)24)15(20)14(12)17(27-9)16-11(21)4-3-7-25-16/h3-9H,30H2,1-2H3. The first-order valence-corrected chi connectivity index (χ1v) is 10.5. The van der Waals surface area contributed by atoms with Crippen molar-refractivity contribution in [3.8, 4) is 5.69 Å². The van der Waals surface area contributed by atoms with E-state index < -0.39 is 38.4 Å². The molecule has 30 heavy (non-hydrogen) atoms. The summed E-state index contributed by atoms with van der Waals surface area (Å²) in [5.41, 5.74) is -0.980. The van der Waals surface area contributed by atoms with Crippen LogP contribution in [0.5, 0.6) is 0 Å². The minimum atomic E-state index is -4.69. The Bertz CT molecular complexity index is 1160. The third kappa shape index (κ3) is 3.34. The van der Waals surface area contributed by atoms with Gasteiger partial charge in [-0.25, -0.2) is 9.37 Å². The van der Waals surface area contributed by atoms with Crippen LogP contribution in [0.3, 0.4) is 0 Å². The first-order chi connectivity index (χ1) is 14.2. The number of aliphatic imine (C=N–C) groups is 1. The van der Waals surface area contributed by atoms with Gasteiger partial charge in [-0.2, -0.15) is 13.2 Å². The van der Waals surface area contributed by atoms with Crippen molar-refractivity contribution in [2.75, 3.05) is 7.11 Å². The smallest absolute Gasteiger partial charge is 0.417 e. The number of aromatic nitrogens is 3. The second kappa shape index (κ2) is 7.60. The average Bonchev–Trinajstić information content (AvgIpc) is 3.04. The van der Waals surface area contributed by atoms with Crippen LogP contribution in [0.2, 0.25) is 5.02 Å². The quantitative estimate of drug-likeness (QED) is 0.450. The third-order valence-electron chi connectivity index (χ3n) is 4.74. The molecule has 0 saturated heterocycles. The predicted octanol–water partition coefficient (Wildman–Crippen LogP) is 3.35. The monoisotopic (exact) mass is 454 g/mol. The van der Waals surface area contributed by atoms with E-state index in [-0.39, 0.29) is 17.0 Å². The van der Waals surface area contributed by atoms with Gasteiger partial charge in [0.2, 0.25) is 9.76 Å². The van der Waals surface area contributed by atoms with Crippen molar-refractivity contribution < 1.29 is 22.0 Å². The number of pyridine rings is 1. The average molecular weight is 455 g/mol. The summed E-state index contributed by atoms with van der Waals surface area (Å²) in [6.07, 6.45) is -1.72. The van der Waals surface area contributed by atoms with Gasteiger partial charge in [0.15, 0.2) is 5.82 Å². The van der Waals surface area contributed by atoms with E-state index in [0.29, 0.717) is 11.5 Å². The molecule has 1 atom stereocenters. The fourth-order valence-electron chi connectivity index (χ4n) is 3.48. The Hall–Kier alpha value is -2.56. The molecule has 0 bridgehead atoms. The summed E-state index contributed by atoms with van der Waals surface area (Å²) in [5, 5.41) is 0.164. The Morgan fingerprint density at radius 2 is 1.97 bits per heavy atom. The van der Waals surface area contributed by atoms with Gasteiger partial charge in [0.25, 0.3) is 0 Å². The Kier molecular flexibility index (Phi) is 5.24. The molecule has 0 N–H and O–H groups in total. The maximum atomic E-state index is 14.6. The van der Waals surface area contributed by atoms with Gasteiger partial charge in [0.1, 0.15) is 17.6 Å². The van der Waals surface area contributed by atoms with Crippen molar-refractivity contribution in [2.24, 2.45) is 4.99 Å². The van der Waals surface area contributed by atoms with Crippen LogP contribution in [0.25, 0.3) is 5.69 Å². The molecule has 0 amide bonds. The number of fused-ring (bicyclic) bond motifs is 3. The Balaban J connectivity index is 2.11. The molecule has 0 spiro atoms. The zero-order chi connectivity index (χ0) is 21.6. The molecule has 4 rings (SSSR count). The molecule has 5 nitrogen and oxygen atoms in total. The van der Waals surface area contributed by atoms with Crippen molar-refractivity contribution in [3.63, 3.8) is 0 Å². The van der Waals surface area contributed by atoms with Crippen molar-refractivity contribution >= 4 is 32.4 Å². The number of halogens is 5. The summed E-state index contributed by atoms with van der Waals surface area (Å²) in [6, 6.07) is 4.19. The summed E-state index contributed by atoms with van der Waals surface area (Å²) in [5.74, 6) is -0.216. The lowest BCUT2D eigenvalue weighted by molar-refractivity contribution is -0.137. The fourth-order valence-corrected chi connectivity index (χ4v) is 4.76. The molecular weight excluding hydrogens is 440 g/mol. The molecular formula is C19H15ClF4N4OSi. The van der Waals surface area contributed by atoms with Crippen molar-refractivity contribution in [2.45, 2.75) is 19.1 Å². The van der Waals surface area contributed by atoms with Crippen LogP contribution < -0.4 is 5.32 Å². The number of hydrogen-bond donors (Lipinski definition) is 0. The van der Waals surface area contributed by atoms with Gasteiger partial charge in [-0.3, -0.25) is 9.98 Å². The summed E-state index contributed by atoms with van der Waals surface area (Å²) in [4.78, 5) is 12.9. The maximum Gasteiger partial charge on any atom is 0.417 e. The van der Waals surface area contributed by atoms with Gasteiger partial charge in [-0.15, -0.1) is 0 Å². The maximum absolute atomic E-state index is 14.6. The first-order valence-electron chi connectivity index (χ1n) is 8.88. The molecule has 0 radical (unpaired) electrons. The summed E-state index contributed by atoms with van der Waals surface area (Å²) in [7, 11) is 0.338. The van der Waals surface area contributed by atoms with Gasteiger partial charge >= 0.3 is 6.18 Å². The number of hydrogen-bond acceptors (Lipinski definition) is 4. The summed E-state index contributed by atoms with van der Waals surface area (Å²) in [6.45, 7) is 1.72. The van der Waals surface area contributed by atoms with Gasteiger partial charge < -0.3 is 8.99 Å². The van der Waals surface area contributed by atoms with E-state index in [9.17, 15) is 17.6 Å². The topological polar surface area (TPSA) is 52.3 Å². The molecule has 3 heterocycles. The van der Waals surface area contributed by atoms with Gasteiger partial charge in [-0.1, -0.05) is 11.6 Å². The largest absolute Gasteiger partial charge is 0.420 e. The first kappa shape index (κ1) is 20.7. The summed E-state index contributed by atoms with van der Waals surface area (Å²) >= 11 is 6.29. The van der Waals surface area contributed by atoms with Crippen LogP contribution >= 0.6 is 11.6 Å². The lowest BCUT2D eigenvalue weighted by Gasteiger charge is -2.19. The predicted molar refractivity (Wildman–Crippen MR) is 107 cm³/mol. The highest BCUT2D eigenvalue weighted by Crippen LogP contribution is 2.41. The van der Waals surface area contributed by atoms with Crippen LogP contribution in [0.15, 0.2) is 41.7 Å². The lowest BCUT2D eigenvalue weighted by atomic mass is 10.0. The zero-order valence-corrected chi connectivity index (χ0v) is 18.0. The van der Waals surface area contributed by atoms with Crippen molar-refractivity contribution in [1.82, 2.24) is 14.5 Å². The van der Waals surface area contributed by atoms with Crippen LogP contribution in [-0.2, 0) is 10.6 Å². The Morgan fingerprint density at radius 1 is 1.20 bits per heavy atom. The highest BCUT2D eigenvalue weighted by molar-refractivity contribution is 6.46. The molecule has 1 aliphatic rings. The minimum Gasteiger partial charge on any atom is -0.420 e. The second-order valence-corrected chi connectivity index (χ2v) is 8.65. The second-order valence-electron chi connectivity index (χ2n) is 6.68. The fraction of sp³-hybridized carbons (Fsp3) is 0.211. The number of alkyl halides is 3. The van der Waals surface area contributed by atoms with Gasteiger partial charge in [-0.05, 0) is 31.2 Å². The Morgan fingerprint density at radius 3 is 2.63 bits per heavy atom. The number of nitrogens with zero attached hydrogens (tertiary/aromatic N) is 4. The van der Waals surface area contributed by atoms with Crippen LogP contribution in [-0.4, -0.2) is 37.1 Å². The molecule has 0 fully saturated rings. The molecule has 156 valence electrons. The van der Waals surface area contributed by atoms with Crippen molar-refractivity contribution in [3.05, 3.63) is 70.1 Å². The lowest BCUT2D eigenvalue weighted by Crippen LogP contribution is -2.27. The minimum absolute atomic E-state index is 0.0426. The number of imidazole rings is 1. The Labute approximate surface area is 176 Å². The molecule has 0 saturated carbocycles.